The average Bonchev–Trinajstić information content (AvgIpc) is 2.83. The number of ether oxygens (including phenoxy) is 1. The summed E-state index contributed by atoms with van der Waals surface area (Å²) < 4.78 is 31.9. The molecule has 0 atom stereocenters. The second kappa shape index (κ2) is 7.58. The monoisotopic (exact) mass is 425 g/mol. The molecule has 0 fully saturated rings. The maximum absolute atomic E-state index is 11.6. The Balaban J connectivity index is 1.95. The Labute approximate surface area is 175 Å². The first-order valence-corrected chi connectivity index (χ1v) is 11.4. The van der Waals surface area contributed by atoms with E-state index in [9.17, 15) is 8.42 Å². The van der Waals surface area contributed by atoms with Gasteiger partial charge in [-0.15, -0.1) is 0 Å². The van der Waals surface area contributed by atoms with Crippen LogP contribution in [0.15, 0.2) is 66.7 Å². The van der Waals surface area contributed by atoms with Gasteiger partial charge in [0.25, 0.3) is 0 Å². The predicted octanol–water partition coefficient (Wildman–Crippen LogP) is 5.58. The average molecular weight is 426 g/mol. The number of hydrogen-bond donors (Lipinski definition) is 1. The van der Waals surface area contributed by atoms with Crippen molar-refractivity contribution in [2.45, 2.75) is 13.5 Å². The molecule has 4 rings (SSSR count). The molecule has 1 N–H and O–H groups in total. The third kappa shape index (κ3) is 4.16. The maximum Gasteiger partial charge on any atom is 0.229 e. The Kier molecular flexibility index (Phi) is 5.11. The van der Waals surface area contributed by atoms with Crippen LogP contribution in [0, 0.1) is 0 Å². The second-order valence-corrected chi connectivity index (χ2v) is 9.23. The Morgan fingerprint density at radius 1 is 1.00 bits per heavy atom. The molecular formula is C23H20ClNO3S. The van der Waals surface area contributed by atoms with Crippen LogP contribution in [-0.4, -0.2) is 14.7 Å². The highest BCUT2D eigenvalue weighted by Gasteiger charge is 2.21. The third-order valence-corrected chi connectivity index (χ3v) is 5.69. The van der Waals surface area contributed by atoms with Gasteiger partial charge in [0.2, 0.25) is 10.0 Å². The molecule has 0 spiro atoms. The van der Waals surface area contributed by atoms with Gasteiger partial charge < -0.3 is 4.74 Å². The molecule has 0 radical (unpaired) electrons. The third-order valence-electron chi connectivity index (χ3n) is 4.85. The Morgan fingerprint density at radius 2 is 1.79 bits per heavy atom. The van der Waals surface area contributed by atoms with Gasteiger partial charge in [-0.1, -0.05) is 48.0 Å². The van der Waals surface area contributed by atoms with Gasteiger partial charge in [0.1, 0.15) is 12.4 Å². The van der Waals surface area contributed by atoms with Gasteiger partial charge in [0.15, 0.2) is 0 Å². The van der Waals surface area contributed by atoms with Crippen LogP contribution in [0.5, 0.6) is 5.75 Å². The van der Waals surface area contributed by atoms with Crippen LogP contribution in [0.1, 0.15) is 29.2 Å². The largest absolute Gasteiger partial charge is 0.488 e. The van der Waals surface area contributed by atoms with Crippen LogP contribution in [0.2, 0.25) is 5.02 Å². The van der Waals surface area contributed by atoms with Crippen molar-refractivity contribution in [1.82, 2.24) is 0 Å². The first-order chi connectivity index (χ1) is 13.8. The fourth-order valence-corrected chi connectivity index (χ4v) is 4.35. The molecule has 4 nitrogen and oxygen atoms in total. The number of rotatable bonds is 3. The predicted molar refractivity (Wildman–Crippen MR) is 119 cm³/mol. The molecule has 0 aliphatic carbocycles. The first kappa shape index (κ1) is 19.6. The quantitative estimate of drug-likeness (QED) is 0.595. The zero-order valence-corrected chi connectivity index (χ0v) is 17.6. The summed E-state index contributed by atoms with van der Waals surface area (Å²) in [6.07, 6.45) is 1.14. The van der Waals surface area contributed by atoms with Crippen LogP contribution < -0.4 is 9.46 Å². The molecule has 0 amide bonds. The smallest absolute Gasteiger partial charge is 0.229 e. The molecule has 3 aromatic rings. The highest BCUT2D eigenvalue weighted by molar-refractivity contribution is 7.92. The zero-order chi connectivity index (χ0) is 20.6. The van der Waals surface area contributed by atoms with Crippen LogP contribution in [0.3, 0.4) is 0 Å². The Bertz CT molecular complexity index is 1230. The number of sulfonamides is 1. The van der Waals surface area contributed by atoms with E-state index in [1.807, 2.05) is 67.6 Å². The number of hydrogen-bond acceptors (Lipinski definition) is 3. The molecule has 0 aromatic heterocycles. The molecule has 0 bridgehead atoms. The van der Waals surface area contributed by atoms with Crippen LogP contribution in [0.4, 0.5) is 5.69 Å². The second-order valence-electron chi connectivity index (χ2n) is 7.04. The van der Waals surface area contributed by atoms with Crippen molar-refractivity contribution in [3.8, 4) is 5.75 Å². The van der Waals surface area contributed by atoms with Crippen LogP contribution >= 0.6 is 11.6 Å². The van der Waals surface area contributed by atoms with Gasteiger partial charge in [-0.3, -0.25) is 4.72 Å². The van der Waals surface area contributed by atoms with Crippen molar-refractivity contribution < 1.29 is 13.2 Å². The molecule has 0 unspecified atom stereocenters. The van der Waals surface area contributed by atoms with E-state index >= 15 is 0 Å². The van der Waals surface area contributed by atoms with Gasteiger partial charge >= 0.3 is 0 Å². The SMILES string of the molecule is CC(=C1c2ccc(Cl)cc2COc2ccccc21)c1cccc(NS(C)(=O)=O)c1. The van der Waals surface area contributed by atoms with E-state index in [1.165, 1.54) is 0 Å². The van der Waals surface area contributed by atoms with E-state index < -0.39 is 10.0 Å². The number of benzene rings is 3. The minimum absolute atomic E-state index is 0.430. The lowest BCUT2D eigenvalue weighted by molar-refractivity contribution is 0.307. The first-order valence-electron chi connectivity index (χ1n) is 9.12. The van der Waals surface area contributed by atoms with Crippen LogP contribution in [0.25, 0.3) is 11.1 Å². The van der Waals surface area contributed by atoms with Gasteiger partial charge in [0, 0.05) is 16.3 Å². The fourth-order valence-electron chi connectivity index (χ4n) is 3.60. The molecule has 6 heteroatoms. The number of halogens is 1. The van der Waals surface area contributed by atoms with E-state index in [-0.39, 0.29) is 0 Å². The summed E-state index contributed by atoms with van der Waals surface area (Å²) in [6.45, 7) is 2.47. The van der Waals surface area contributed by atoms with E-state index in [4.69, 9.17) is 16.3 Å². The summed E-state index contributed by atoms with van der Waals surface area (Å²) in [5.74, 6) is 0.805. The van der Waals surface area contributed by atoms with Crippen molar-refractivity contribution in [3.05, 3.63) is 94.0 Å². The number of nitrogens with one attached hydrogen (secondary N) is 1. The van der Waals surface area contributed by atoms with Crippen molar-refractivity contribution in [2.75, 3.05) is 11.0 Å². The summed E-state index contributed by atoms with van der Waals surface area (Å²) in [5, 5.41) is 0.662. The number of fused-ring (bicyclic) bond motifs is 2. The molecular weight excluding hydrogens is 406 g/mol. The molecule has 3 aromatic carbocycles. The topological polar surface area (TPSA) is 55.4 Å². The van der Waals surface area contributed by atoms with Gasteiger partial charge in [-0.2, -0.15) is 0 Å². The van der Waals surface area contributed by atoms with Crippen LogP contribution in [-0.2, 0) is 16.6 Å². The van der Waals surface area contributed by atoms with Crippen molar-refractivity contribution in [3.63, 3.8) is 0 Å². The summed E-state index contributed by atoms with van der Waals surface area (Å²) in [7, 11) is -3.35. The summed E-state index contributed by atoms with van der Waals surface area (Å²) in [5.41, 5.74) is 6.56. The lowest BCUT2D eigenvalue weighted by Crippen LogP contribution is -2.09. The summed E-state index contributed by atoms with van der Waals surface area (Å²) in [4.78, 5) is 0. The van der Waals surface area contributed by atoms with E-state index in [1.54, 1.807) is 6.07 Å². The molecule has 0 saturated heterocycles. The lowest BCUT2D eigenvalue weighted by atomic mass is 9.88. The molecule has 29 heavy (non-hydrogen) atoms. The van der Waals surface area contributed by atoms with Gasteiger partial charge in [0.05, 0.1) is 6.26 Å². The van der Waals surface area contributed by atoms with Crippen molar-refractivity contribution in [1.29, 1.82) is 0 Å². The zero-order valence-electron chi connectivity index (χ0n) is 16.1. The molecule has 1 aliphatic heterocycles. The standard InChI is InChI=1S/C23H20ClNO3S/c1-15(16-6-5-7-19(13-16)25-29(2,26)27)23-20-11-10-18(24)12-17(20)14-28-22-9-4-3-8-21(22)23/h3-13,25H,14H2,1-2H3. The summed E-state index contributed by atoms with van der Waals surface area (Å²) in [6, 6.07) is 21.1. The minimum Gasteiger partial charge on any atom is -0.488 e. The Morgan fingerprint density at radius 3 is 2.59 bits per heavy atom. The Hall–Kier alpha value is -2.76. The fraction of sp³-hybridized carbons (Fsp3) is 0.130. The van der Waals surface area contributed by atoms with Crippen molar-refractivity contribution in [2.24, 2.45) is 0 Å². The lowest BCUT2D eigenvalue weighted by Gasteiger charge is -2.16. The van der Waals surface area contributed by atoms with Gasteiger partial charge in [-0.05, 0) is 65.1 Å². The van der Waals surface area contributed by atoms with Crippen molar-refractivity contribution >= 4 is 38.5 Å². The van der Waals surface area contributed by atoms with E-state index in [2.05, 4.69) is 4.72 Å². The van der Waals surface area contributed by atoms with E-state index in [0.29, 0.717) is 17.3 Å². The highest BCUT2D eigenvalue weighted by Crippen LogP contribution is 2.41. The molecule has 148 valence electrons. The highest BCUT2D eigenvalue weighted by atomic mass is 35.5. The number of allylic oxidation sites excluding steroid dienone is 1. The number of para-hydroxylation sites is 1. The number of anilines is 1. The molecule has 1 heterocycles. The summed E-state index contributed by atoms with van der Waals surface area (Å²) >= 11 is 6.23. The van der Waals surface area contributed by atoms with Gasteiger partial charge in [-0.25, -0.2) is 8.42 Å². The molecule has 0 saturated carbocycles. The maximum atomic E-state index is 11.6. The van der Waals surface area contributed by atoms with E-state index in [0.717, 1.165) is 45.4 Å². The molecule has 1 aliphatic rings. The minimum atomic E-state index is -3.35. The normalized spacial score (nSPS) is 14.9.